The van der Waals surface area contributed by atoms with Crippen LogP contribution >= 0.6 is 0 Å². The predicted octanol–water partition coefficient (Wildman–Crippen LogP) is 3.30. The Balaban J connectivity index is 2.04. The zero-order chi connectivity index (χ0) is 10.4. The molecule has 2 rings (SSSR count). The van der Waals surface area contributed by atoms with Crippen molar-refractivity contribution in [2.45, 2.75) is 59.4 Å². The van der Waals surface area contributed by atoms with Crippen LogP contribution < -0.4 is 0 Å². The standard InChI is InChI=1S/C13H25N/c1-12(2)8-11(14-6-5-7-14)9-13(3,4)10-12/h11H,5-10H2,1-4H3. The third-order valence-electron chi connectivity index (χ3n) is 3.94. The molecule has 14 heavy (non-hydrogen) atoms. The van der Waals surface area contributed by atoms with E-state index in [1.165, 1.54) is 38.8 Å². The van der Waals surface area contributed by atoms with E-state index in [0.29, 0.717) is 10.8 Å². The maximum Gasteiger partial charge on any atom is 0.0105 e. The van der Waals surface area contributed by atoms with Gasteiger partial charge in [0.2, 0.25) is 0 Å². The van der Waals surface area contributed by atoms with Gasteiger partial charge >= 0.3 is 0 Å². The van der Waals surface area contributed by atoms with Gasteiger partial charge in [-0.25, -0.2) is 0 Å². The van der Waals surface area contributed by atoms with Gasteiger partial charge in [0.25, 0.3) is 0 Å². The molecule has 1 aliphatic heterocycles. The van der Waals surface area contributed by atoms with Crippen molar-refractivity contribution in [1.29, 1.82) is 0 Å². The summed E-state index contributed by atoms with van der Waals surface area (Å²) in [6.07, 6.45) is 5.65. The van der Waals surface area contributed by atoms with Gasteiger partial charge in [-0.1, -0.05) is 27.7 Å². The maximum atomic E-state index is 2.70. The van der Waals surface area contributed by atoms with Crippen LogP contribution in [0.1, 0.15) is 53.4 Å². The first kappa shape index (κ1) is 10.5. The van der Waals surface area contributed by atoms with Crippen molar-refractivity contribution >= 4 is 0 Å². The third kappa shape index (κ3) is 2.13. The first-order valence-corrected chi connectivity index (χ1v) is 6.12. The number of likely N-dealkylation sites (tertiary alicyclic amines) is 1. The van der Waals surface area contributed by atoms with Crippen molar-refractivity contribution < 1.29 is 0 Å². The maximum absolute atomic E-state index is 2.70. The van der Waals surface area contributed by atoms with E-state index in [1.807, 2.05) is 0 Å². The number of hydrogen-bond donors (Lipinski definition) is 0. The zero-order valence-corrected chi connectivity index (χ0v) is 10.3. The molecule has 0 aromatic heterocycles. The molecule has 0 unspecified atom stereocenters. The van der Waals surface area contributed by atoms with Crippen LogP contribution in [0.25, 0.3) is 0 Å². The van der Waals surface area contributed by atoms with Gasteiger partial charge in [-0.05, 0) is 49.6 Å². The van der Waals surface area contributed by atoms with E-state index in [4.69, 9.17) is 0 Å². The van der Waals surface area contributed by atoms with Crippen molar-refractivity contribution in [3.63, 3.8) is 0 Å². The lowest BCUT2D eigenvalue weighted by molar-refractivity contribution is -0.00207. The minimum Gasteiger partial charge on any atom is -0.300 e. The molecule has 1 heterocycles. The molecular formula is C13H25N. The van der Waals surface area contributed by atoms with E-state index in [2.05, 4.69) is 32.6 Å². The normalized spacial score (nSPS) is 32.6. The van der Waals surface area contributed by atoms with Crippen LogP contribution in [0.2, 0.25) is 0 Å². The second-order valence-electron chi connectivity index (χ2n) is 6.96. The van der Waals surface area contributed by atoms with Crippen molar-refractivity contribution in [1.82, 2.24) is 4.90 Å². The molecule has 1 heteroatoms. The highest BCUT2D eigenvalue weighted by molar-refractivity contribution is 4.94. The van der Waals surface area contributed by atoms with E-state index in [9.17, 15) is 0 Å². The summed E-state index contributed by atoms with van der Waals surface area (Å²) < 4.78 is 0. The van der Waals surface area contributed by atoms with Crippen LogP contribution in [0.5, 0.6) is 0 Å². The average Bonchev–Trinajstić information content (AvgIpc) is 1.72. The second-order valence-corrected chi connectivity index (χ2v) is 6.96. The van der Waals surface area contributed by atoms with E-state index >= 15 is 0 Å². The highest BCUT2D eigenvalue weighted by atomic mass is 15.2. The SMILES string of the molecule is CC1(C)CC(N2CCC2)CC(C)(C)C1. The molecule has 0 radical (unpaired) electrons. The largest absolute Gasteiger partial charge is 0.300 e. The van der Waals surface area contributed by atoms with Gasteiger partial charge < -0.3 is 4.90 Å². The summed E-state index contributed by atoms with van der Waals surface area (Å²) in [6, 6.07) is 0.877. The molecule has 0 aromatic rings. The molecule has 1 aliphatic carbocycles. The summed E-state index contributed by atoms with van der Waals surface area (Å²) in [4.78, 5) is 2.70. The minimum absolute atomic E-state index is 0.558. The quantitative estimate of drug-likeness (QED) is 0.620. The van der Waals surface area contributed by atoms with Crippen LogP contribution in [0.3, 0.4) is 0 Å². The number of hydrogen-bond acceptors (Lipinski definition) is 1. The van der Waals surface area contributed by atoms with Crippen LogP contribution in [0, 0.1) is 10.8 Å². The predicted molar refractivity (Wildman–Crippen MR) is 61.4 cm³/mol. The van der Waals surface area contributed by atoms with Gasteiger partial charge in [-0.3, -0.25) is 0 Å². The third-order valence-corrected chi connectivity index (χ3v) is 3.94. The molecule has 0 N–H and O–H groups in total. The lowest BCUT2D eigenvalue weighted by Gasteiger charge is -2.51. The minimum atomic E-state index is 0.558. The Labute approximate surface area is 88.9 Å². The Morgan fingerprint density at radius 3 is 1.79 bits per heavy atom. The van der Waals surface area contributed by atoms with Crippen LogP contribution in [0.4, 0.5) is 0 Å². The fourth-order valence-corrected chi connectivity index (χ4v) is 3.75. The Morgan fingerprint density at radius 2 is 1.43 bits per heavy atom. The molecule has 2 aliphatic rings. The zero-order valence-electron chi connectivity index (χ0n) is 10.3. The topological polar surface area (TPSA) is 3.24 Å². The van der Waals surface area contributed by atoms with Gasteiger partial charge in [-0.2, -0.15) is 0 Å². The Bertz CT molecular complexity index is 197. The molecule has 82 valence electrons. The van der Waals surface area contributed by atoms with Gasteiger partial charge in [0.1, 0.15) is 0 Å². The highest BCUT2D eigenvalue weighted by Crippen LogP contribution is 2.47. The van der Waals surface area contributed by atoms with Crippen molar-refractivity contribution in [2.75, 3.05) is 13.1 Å². The summed E-state index contributed by atoms with van der Waals surface area (Å²) in [6.45, 7) is 12.5. The molecule has 0 spiro atoms. The molecule has 0 aromatic carbocycles. The average molecular weight is 195 g/mol. The molecule has 2 fully saturated rings. The fraction of sp³-hybridized carbons (Fsp3) is 1.00. The van der Waals surface area contributed by atoms with E-state index < -0.39 is 0 Å². The Hall–Kier alpha value is -0.0400. The van der Waals surface area contributed by atoms with Crippen LogP contribution in [0.15, 0.2) is 0 Å². The van der Waals surface area contributed by atoms with Gasteiger partial charge in [0, 0.05) is 6.04 Å². The monoisotopic (exact) mass is 195 g/mol. The molecule has 1 nitrogen and oxygen atoms in total. The highest BCUT2D eigenvalue weighted by Gasteiger charge is 2.41. The summed E-state index contributed by atoms with van der Waals surface area (Å²) in [5.41, 5.74) is 1.12. The summed E-state index contributed by atoms with van der Waals surface area (Å²) in [7, 11) is 0. The van der Waals surface area contributed by atoms with Crippen molar-refractivity contribution in [2.24, 2.45) is 10.8 Å². The van der Waals surface area contributed by atoms with Gasteiger partial charge in [0.05, 0.1) is 0 Å². The lowest BCUT2D eigenvalue weighted by Crippen LogP contribution is -2.51. The molecular weight excluding hydrogens is 170 g/mol. The lowest BCUT2D eigenvalue weighted by atomic mass is 9.63. The molecule has 1 saturated heterocycles. The van der Waals surface area contributed by atoms with Gasteiger partial charge in [0.15, 0.2) is 0 Å². The fourth-order valence-electron chi connectivity index (χ4n) is 3.75. The molecule has 0 bridgehead atoms. The smallest absolute Gasteiger partial charge is 0.0105 e. The Morgan fingerprint density at radius 1 is 0.929 bits per heavy atom. The number of rotatable bonds is 1. The van der Waals surface area contributed by atoms with Gasteiger partial charge in [-0.15, -0.1) is 0 Å². The Kier molecular flexibility index (Phi) is 2.42. The van der Waals surface area contributed by atoms with Crippen LogP contribution in [-0.4, -0.2) is 24.0 Å². The first-order chi connectivity index (χ1) is 6.38. The first-order valence-electron chi connectivity index (χ1n) is 6.12. The van der Waals surface area contributed by atoms with E-state index in [-0.39, 0.29) is 0 Å². The van der Waals surface area contributed by atoms with E-state index in [1.54, 1.807) is 0 Å². The summed E-state index contributed by atoms with van der Waals surface area (Å²) in [5.74, 6) is 0. The second kappa shape index (κ2) is 3.23. The summed E-state index contributed by atoms with van der Waals surface area (Å²) >= 11 is 0. The van der Waals surface area contributed by atoms with Crippen molar-refractivity contribution in [3.05, 3.63) is 0 Å². The molecule has 1 saturated carbocycles. The number of nitrogens with zero attached hydrogens (tertiary/aromatic N) is 1. The van der Waals surface area contributed by atoms with E-state index in [0.717, 1.165) is 6.04 Å². The molecule has 0 atom stereocenters. The van der Waals surface area contributed by atoms with Crippen LogP contribution in [-0.2, 0) is 0 Å². The molecule has 0 amide bonds. The summed E-state index contributed by atoms with van der Waals surface area (Å²) in [5, 5.41) is 0. The van der Waals surface area contributed by atoms with Crippen molar-refractivity contribution in [3.8, 4) is 0 Å².